The van der Waals surface area contributed by atoms with Crippen LogP contribution in [0.4, 0.5) is 0 Å². The Morgan fingerprint density at radius 3 is 2.94 bits per heavy atom. The fourth-order valence-corrected chi connectivity index (χ4v) is 4.01. The molecular formula is C13H15BrN2S. The maximum atomic E-state index is 4.71. The maximum Gasteiger partial charge on any atom is 0.106 e. The van der Waals surface area contributed by atoms with Crippen molar-refractivity contribution >= 4 is 27.3 Å². The zero-order valence-electron chi connectivity index (χ0n) is 9.87. The molecule has 0 bridgehead atoms. The lowest BCUT2D eigenvalue weighted by molar-refractivity contribution is 0.626. The van der Waals surface area contributed by atoms with E-state index in [0.29, 0.717) is 0 Å². The van der Waals surface area contributed by atoms with Crippen molar-refractivity contribution in [3.63, 3.8) is 0 Å². The number of imidazole rings is 1. The molecule has 0 saturated heterocycles. The second-order valence-corrected chi connectivity index (χ2v) is 7.10. The molecule has 0 unspecified atom stereocenters. The van der Waals surface area contributed by atoms with E-state index >= 15 is 0 Å². The van der Waals surface area contributed by atoms with E-state index in [4.69, 9.17) is 4.98 Å². The van der Waals surface area contributed by atoms with Crippen LogP contribution in [-0.4, -0.2) is 9.55 Å². The van der Waals surface area contributed by atoms with E-state index < -0.39 is 0 Å². The molecule has 2 heterocycles. The van der Waals surface area contributed by atoms with Gasteiger partial charge in [0.05, 0.1) is 16.0 Å². The Labute approximate surface area is 114 Å². The van der Waals surface area contributed by atoms with E-state index in [2.05, 4.69) is 39.6 Å². The molecule has 0 fully saturated rings. The SMILES string of the molecule is Cc1nc2c(n1Cc1ccc(Br)s1)CCCC2. The third kappa shape index (κ3) is 2.20. The van der Waals surface area contributed by atoms with Crippen molar-refractivity contribution in [3.05, 3.63) is 38.0 Å². The summed E-state index contributed by atoms with van der Waals surface area (Å²) in [6.07, 6.45) is 4.97. The van der Waals surface area contributed by atoms with Gasteiger partial charge in [-0.05, 0) is 60.7 Å². The number of thiophene rings is 1. The number of rotatable bonds is 2. The van der Waals surface area contributed by atoms with Crippen LogP contribution >= 0.6 is 27.3 Å². The van der Waals surface area contributed by atoms with E-state index in [1.165, 1.54) is 45.1 Å². The Morgan fingerprint density at radius 1 is 1.35 bits per heavy atom. The zero-order valence-corrected chi connectivity index (χ0v) is 12.3. The quantitative estimate of drug-likeness (QED) is 0.821. The molecule has 3 rings (SSSR count). The van der Waals surface area contributed by atoms with Crippen LogP contribution in [0, 0.1) is 6.92 Å². The number of aromatic nitrogens is 2. The van der Waals surface area contributed by atoms with Crippen LogP contribution in [0.2, 0.25) is 0 Å². The summed E-state index contributed by atoms with van der Waals surface area (Å²) < 4.78 is 3.60. The average Bonchev–Trinajstić information content (AvgIpc) is 2.85. The normalized spacial score (nSPS) is 14.9. The van der Waals surface area contributed by atoms with E-state index in [-0.39, 0.29) is 0 Å². The van der Waals surface area contributed by atoms with Crippen molar-refractivity contribution in [2.45, 2.75) is 39.2 Å². The lowest BCUT2D eigenvalue weighted by Gasteiger charge is -2.14. The summed E-state index contributed by atoms with van der Waals surface area (Å²) >= 11 is 5.34. The molecule has 0 saturated carbocycles. The third-order valence-electron chi connectivity index (χ3n) is 3.37. The summed E-state index contributed by atoms with van der Waals surface area (Å²) in [5.74, 6) is 1.17. The number of hydrogen-bond acceptors (Lipinski definition) is 2. The number of fused-ring (bicyclic) bond motifs is 1. The average molecular weight is 311 g/mol. The Balaban J connectivity index is 1.94. The molecule has 0 aromatic carbocycles. The predicted octanol–water partition coefficient (Wildman–Crippen LogP) is 3.94. The minimum atomic E-state index is 0.977. The topological polar surface area (TPSA) is 17.8 Å². The monoisotopic (exact) mass is 310 g/mol. The number of halogens is 1. The predicted molar refractivity (Wildman–Crippen MR) is 74.7 cm³/mol. The van der Waals surface area contributed by atoms with Crippen molar-refractivity contribution in [1.82, 2.24) is 9.55 Å². The smallest absolute Gasteiger partial charge is 0.106 e. The number of hydrogen-bond donors (Lipinski definition) is 0. The maximum absolute atomic E-state index is 4.71. The first-order valence-corrected chi connectivity index (χ1v) is 7.64. The van der Waals surface area contributed by atoms with E-state index in [0.717, 1.165) is 13.0 Å². The van der Waals surface area contributed by atoms with Gasteiger partial charge in [0.1, 0.15) is 5.82 Å². The summed E-state index contributed by atoms with van der Waals surface area (Å²) in [5.41, 5.74) is 2.81. The van der Waals surface area contributed by atoms with Crippen LogP contribution < -0.4 is 0 Å². The molecule has 2 aromatic heterocycles. The van der Waals surface area contributed by atoms with Gasteiger partial charge >= 0.3 is 0 Å². The van der Waals surface area contributed by atoms with Crippen molar-refractivity contribution < 1.29 is 0 Å². The van der Waals surface area contributed by atoms with Crippen LogP contribution in [0.1, 0.15) is 34.9 Å². The van der Waals surface area contributed by atoms with Gasteiger partial charge in [-0.15, -0.1) is 11.3 Å². The molecule has 0 spiro atoms. The molecule has 0 atom stereocenters. The highest BCUT2D eigenvalue weighted by molar-refractivity contribution is 9.11. The highest BCUT2D eigenvalue weighted by atomic mass is 79.9. The Kier molecular flexibility index (Phi) is 3.09. The first-order valence-electron chi connectivity index (χ1n) is 6.03. The zero-order chi connectivity index (χ0) is 11.8. The molecule has 1 aliphatic rings. The largest absolute Gasteiger partial charge is 0.327 e. The van der Waals surface area contributed by atoms with Gasteiger partial charge in [0.15, 0.2) is 0 Å². The summed E-state index contributed by atoms with van der Waals surface area (Å²) in [5, 5.41) is 0. The number of aryl methyl sites for hydroxylation is 2. The molecule has 1 aliphatic carbocycles. The molecule has 4 heteroatoms. The highest BCUT2D eigenvalue weighted by Gasteiger charge is 2.18. The Morgan fingerprint density at radius 2 is 2.18 bits per heavy atom. The molecular weight excluding hydrogens is 296 g/mol. The molecule has 2 nitrogen and oxygen atoms in total. The fraction of sp³-hybridized carbons (Fsp3) is 0.462. The van der Waals surface area contributed by atoms with Gasteiger partial charge in [0.25, 0.3) is 0 Å². The van der Waals surface area contributed by atoms with Crippen LogP contribution in [0.5, 0.6) is 0 Å². The first kappa shape index (κ1) is 11.5. The minimum absolute atomic E-state index is 0.977. The molecule has 17 heavy (non-hydrogen) atoms. The van der Waals surface area contributed by atoms with Crippen LogP contribution in [-0.2, 0) is 19.4 Å². The molecule has 90 valence electrons. The van der Waals surface area contributed by atoms with Crippen LogP contribution in [0.25, 0.3) is 0 Å². The van der Waals surface area contributed by atoms with Gasteiger partial charge < -0.3 is 4.57 Å². The second-order valence-electron chi connectivity index (χ2n) is 4.55. The molecule has 2 aromatic rings. The molecule has 0 amide bonds. The standard InChI is InChI=1S/C13H15BrN2S/c1-9-15-11-4-2-3-5-12(11)16(9)8-10-6-7-13(14)17-10/h6-7H,2-5,8H2,1H3. The van der Waals surface area contributed by atoms with Gasteiger partial charge in [-0.1, -0.05) is 0 Å². The van der Waals surface area contributed by atoms with Gasteiger partial charge in [-0.2, -0.15) is 0 Å². The summed E-state index contributed by atoms with van der Waals surface area (Å²) in [7, 11) is 0. The molecule has 0 N–H and O–H groups in total. The second kappa shape index (κ2) is 4.58. The minimum Gasteiger partial charge on any atom is -0.327 e. The van der Waals surface area contributed by atoms with Gasteiger partial charge in [0, 0.05) is 10.6 Å². The summed E-state index contributed by atoms with van der Waals surface area (Å²) in [6, 6.07) is 4.32. The van der Waals surface area contributed by atoms with Gasteiger partial charge in [-0.25, -0.2) is 4.98 Å². The molecule has 0 radical (unpaired) electrons. The summed E-state index contributed by atoms with van der Waals surface area (Å²) in [6.45, 7) is 3.10. The Hall–Kier alpha value is -0.610. The van der Waals surface area contributed by atoms with Crippen LogP contribution in [0.3, 0.4) is 0 Å². The van der Waals surface area contributed by atoms with Gasteiger partial charge in [-0.3, -0.25) is 0 Å². The van der Waals surface area contributed by atoms with Crippen molar-refractivity contribution in [2.75, 3.05) is 0 Å². The van der Waals surface area contributed by atoms with E-state index in [9.17, 15) is 0 Å². The summed E-state index contributed by atoms with van der Waals surface area (Å²) in [4.78, 5) is 6.10. The number of nitrogens with zero attached hydrogens (tertiary/aromatic N) is 2. The lowest BCUT2D eigenvalue weighted by atomic mass is 10.0. The Bertz CT molecular complexity index is 542. The van der Waals surface area contributed by atoms with Crippen molar-refractivity contribution in [3.8, 4) is 0 Å². The van der Waals surface area contributed by atoms with Crippen LogP contribution in [0.15, 0.2) is 15.9 Å². The lowest BCUT2D eigenvalue weighted by Crippen LogP contribution is -2.09. The first-order chi connectivity index (χ1) is 8.24. The van der Waals surface area contributed by atoms with Gasteiger partial charge in [0.2, 0.25) is 0 Å². The van der Waals surface area contributed by atoms with Crippen molar-refractivity contribution in [2.24, 2.45) is 0 Å². The highest BCUT2D eigenvalue weighted by Crippen LogP contribution is 2.26. The fourth-order valence-electron chi connectivity index (χ4n) is 2.54. The van der Waals surface area contributed by atoms with E-state index in [1.54, 1.807) is 0 Å². The molecule has 0 aliphatic heterocycles. The third-order valence-corrected chi connectivity index (χ3v) is 4.97. The van der Waals surface area contributed by atoms with E-state index in [1.807, 2.05) is 11.3 Å². The van der Waals surface area contributed by atoms with Crippen molar-refractivity contribution in [1.29, 1.82) is 0 Å².